The average Bonchev–Trinajstić information content (AvgIpc) is 2.48. The van der Waals surface area contributed by atoms with Crippen LogP contribution in [0.5, 0.6) is 11.5 Å². The second-order valence-corrected chi connectivity index (χ2v) is 5.85. The summed E-state index contributed by atoms with van der Waals surface area (Å²) >= 11 is 0. The number of carbonyl (C=O) groups excluding carboxylic acids is 2. The highest BCUT2D eigenvalue weighted by Gasteiger charge is 2.14. The van der Waals surface area contributed by atoms with Crippen molar-refractivity contribution < 1.29 is 23.8 Å². The number of carbonyl (C=O) groups is 2. The number of hydrogen-bond acceptors (Lipinski definition) is 5. The quantitative estimate of drug-likeness (QED) is 0.642. The minimum Gasteiger partial charge on any atom is -0.493 e. The van der Waals surface area contributed by atoms with Gasteiger partial charge in [-0.05, 0) is 44.5 Å². The van der Waals surface area contributed by atoms with E-state index in [1.807, 2.05) is 20.8 Å². The van der Waals surface area contributed by atoms with Crippen molar-refractivity contribution in [1.29, 1.82) is 0 Å². The van der Waals surface area contributed by atoms with Crippen LogP contribution in [0.1, 0.15) is 26.3 Å². The zero-order valence-corrected chi connectivity index (χ0v) is 14.1. The van der Waals surface area contributed by atoms with Crippen LogP contribution in [0.15, 0.2) is 24.3 Å². The fraction of sp³-hybridized carbons (Fsp3) is 0.412. The molecule has 1 aromatic rings. The first-order chi connectivity index (χ1) is 10.7. The van der Waals surface area contributed by atoms with E-state index >= 15 is 0 Å². The van der Waals surface area contributed by atoms with Crippen LogP contribution in [-0.4, -0.2) is 38.2 Å². The van der Waals surface area contributed by atoms with Gasteiger partial charge in [0.15, 0.2) is 18.1 Å². The van der Waals surface area contributed by atoms with E-state index in [1.54, 1.807) is 31.4 Å². The van der Waals surface area contributed by atoms with E-state index in [4.69, 9.17) is 14.2 Å². The number of methoxy groups -OCH3 is 2. The van der Waals surface area contributed by atoms with Crippen LogP contribution < -0.4 is 14.8 Å². The molecule has 0 heterocycles. The Morgan fingerprint density at radius 3 is 2.35 bits per heavy atom. The lowest BCUT2D eigenvalue weighted by atomic mass is 10.1. The van der Waals surface area contributed by atoms with Crippen LogP contribution in [0.3, 0.4) is 0 Å². The number of nitrogens with one attached hydrogen (secondary N) is 1. The topological polar surface area (TPSA) is 73.9 Å². The molecular weight excluding hydrogens is 298 g/mol. The van der Waals surface area contributed by atoms with Crippen LogP contribution in [0.2, 0.25) is 0 Å². The monoisotopic (exact) mass is 321 g/mol. The highest BCUT2D eigenvalue weighted by Crippen LogP contribution is 2.27. The molecule has 0 saturated heterocycles. The van der Waals surface area contributed by atoms with Crippen LogP contribution >= 0.6 is 0 Å². The number of benzene rings is 1. The molecule has 0 aromatic heterocycles. The number of ether oxygens (including phenoxy) is 3. The molecular formula is C17H23NO5. The Bertz CT molecular complexity index is 587. The van der Waals surface area contributed by atoms with Crippen molar-refractivity contribution in [3.8, 4) is 11.5 Å². The normalized spacial score (nSPS) is 11.2. The Morgan fingerprint density at radius 2 is 1.78 bits per heavy atom. The molecule has 0 aliphatic heterocycles. The molecule has 0 bridgehead atoms. The highest BCUT2D eigenvalue weighted by molar-refractivity contribution is 5.89. The second-order valence-electron chi connectivity index (χ2n) is 5.85. The average molecular weight is 321 g/mol. The number of esters is 1. The third-order valence-electron chi connectivity index (χ3n) is 2.68. The first-order valence-corrected chi connectivity index (χ1v) is 7.13. The van der Waals surface area contributed by atoms with Gasteiger partial charge in [-0.1, -0.05) is 6.07 Å². The Hall–Kier alpha value is -2.50. The molecule has 0 saturated carbocycles. The summed E-state index contributed by atoms with van der Waals surface area (Å²) in [7, 11) is 3.08. The molecule has 0 atom stereocenters. The number of amides is 1. The SMILES string of the molecule is COc1ccc(/C=C/C(=O)OCC(=O)NC(C)(C)C)cc1OC. The predicted molar refractivity (Wildman–Crippen MR) is 87.4 cm³/mol. The molecule has 0 radical (unpaired) electrons. The maximum Gasteiger partial charge on any atom is 0.331 e. The summed E-state index contributed by atoms with van der Waals surface area (Å²) in [5.74, 6) is 0.230. The molecule has 1 amide bonds. The molecule has 0 spiro atoms. The summed E-state index contributed by atoms with van der Waals surface area (Å²) in [4.78, 5) is 23.2. The van der Waals surface area contributed by atoms with Gasteiger partial charge in [0.25, 0.3) is 5.91 Å². The van der Waals surface area contributed by atoms with Gasteiger partial charge in [0.05, 0.1) is 14.2 Å². The van der Waals surface area contributed by atoms with Crippen molar-refractivity contribution in [3.05, 3.63) is 29.8 Å². The summed E-state index contributed by atoms with van der Waals surface area (Å²) in [5.41, 5.74) is 0.387. The van der Waals surface area contributed by atoms with E-state index in [-0.39, 0.29) is 18.1 Å². The molecule has 0 unspecified atom stereocenters. The van der Waals surface area contributed by atoms with Crippen molar-refractivity contribution in [1.82, 2.24) is 5.32 Å². The standard InChI is InChI=1S/C17H23NO5/c1-17(2,3)18-15(19)11-23-16(20)9-7-12-6-8-13(21-4)14(10-12)22-5/h6-10H,11H2,1-5H3,(H,18,19)/b9-7+. The van der Waals surface area contributed by atoms with Crippen molar-refractivity contribution in [2.24, 2.45) is 0 Å². The van der Waals surface area contributed by atoms with Crippen molar-refractivity contribution in [2.75, 3.05) is 20.8 Å². The Balaban J connectivity index is 2.57. The molecule has 0 fully saturated rings. The Labute approximate surface area is 136 Å². The third-order valence-corrected chi connectivity index (χ3v) is 2.68. The smallest absolute Gasteiger partial charge is 0.331 e. The second kappa shape index (κ2) is 8.22. The van der Waals surface area contributed by atoms with E-state index in [2.05, 4.69) is 5.32 Å². The summed E-state index contributed by atoms with van der Waals surface area (Å²) < 4.78 is 15.2. The van der Waals surface area contributed by atoms with E-state index in [1.165, 1.54) is 13.2 Å². The van der Waals surface area contributed by atoms with Crippen LogP contribution in [0, 0.1) is 0 Å². The van der Waals surface area contributed by atoms with E-state index in [9.17, 15) is 9.59 Å². The van der Waals surface area contributed by atoms with Gasteiger partial charge in [0, 0.05) is 11.6 Å². The van der Waals surface area contributed by atoms with E-state index < -0.39 is 5.97 Å². The minimum absolute atomic E-state index is 0.313. The molecule has 0 aliphatic carbocycles. The van der Waals surface area contributed by atoms with E-state index in [0.29, 0.717) is 11.5 Å². The first kappa shape index (κ1) is 18.5. The van der Waals surface area contributed by atoms with Crippen molar-refractivity contribution in [2.45, 2.75) is 26.3 Å². The van der Waals surface area contributed by atoms with Gasteiger partial charge >= 0.3 is 5.97 Å². The molecule has 6 heteroatoms. The summed E-state index contributed by atoms with van der Waals surface area (Å²) in [5, 5.41) is 2.71. The van der Waals surface area contributed by atoms with Gasteiger partial charge in [-0.15, -0.1) is 0 Å². The maximum absolute atomic E-state index is 11.6. The fourth-order valence-corrected chi connectivity index (χ4v) is 1.76. The lowest BCUT2D eigenvalue weighted by molar-refractivity contribution is -0.144. The van der Waals surface area contributed by atoms with E-state index in [0.717, 1.165) is 5.56 Å². The molecule has 6 nitrogen and oxygen atoms in total. The number of rotatable bonds is 6. The summed E-state index contributed by atoms with van der Waals surface area (Å²) in [6.07, 6.45) is 2.83. The van der Waals surface area contributed by atoms with Crippen LogP contribution in [0.4, 0.5) is 0 Å². The zero-order valence-electron chi connectivity index (χ0n) is 14.1. The van der Waals surface area contributed by atoms with Crippen LogP contribution in [-0.2, 0) is 14.3 Å². The summed E-state index contributed by atoms with van der Waals surface area (Å²) in [6.45, 7) is 5.24. The molecule has 1 N–H and O–H groups in total. The number of hydrogen-bond donors (Lipinski definition) is 1. The predicted octanol–water partition coefficient (Wildman–Crippen LogP) is 2.17. The lowest BCUT2D eigenvalue weighted by Crippen LogP contribution is -2.42. The van der Waals surface area contributed by atoms with Gasteiger partial charge in [0.2, 0.25) is 0 Å². The fourth-order valence-electron chi connectivity index (χ4n) is 1.76. The molecule has 1 aromatic carbocycles. The molecule has 1 rings (SSSR count). The Morgan fingerprint density at radius 1 is 1.13 bits per heavy atom. The highest BCUT2D eigenvalue weighted by atomic mass is 16.5. The largest absolute Gasteiger partial charge is 0.493 e. The first-order valence-electron chi connectivity index (χ1n) is 7.13. The molecule has 0 aliphatic rings. The molecule has 126 valence electrons. The van der Waals surface area contributed by atoms with Crippen molar-refractivity contribution >= 4 is 18.0 Å². The maximum atomic E-state index is 11.6. The van der Waals surface area contributed by atoms with Crippen LogP contribution in [0.25, 0.3) is 6.08 Å². The minimum atomic E-state index is -0.594. The third kappa shape index (κ3) is 6.86. The van der Waals surface area contributed by atoms with Gasteiger partial charge < -0.3 is 19.5 Å². The van der Waals surface area contributed by atoms with Crippen molar-refractivity contribution in [3.63, 3.8) is 0 Å². The van der Waals surface area contributed by atoms with Gasteiger partial charge in [-0.3, -0.25) is 4.79 Å². The lowest BCUT2D eigenvalue weighted by Gasteiger charge is -2.20. The van der Waals surface area contributed by atoms with Gasteiger partial charge in [0.1, 0.15) is 0 Å². The summed E-state index contributed by atoms with van der Waals surface area (Å²) in [6, 6.07) is 5.24. The van der Waals surface area contributed by atoms with Gasteiger partial charge in [-0.25, -0.2) is 4.79 Å². The Kier molecular flexibility index (Phi) is 6.63. The molecule has 23 heavy (non-hydrogen) atoms. The zero-order chi connectivity index (χ0) is 17.5. The van der Waals surface area contributed by atoms with Gasteiger partial charge in [-0.2, -0.15) is 0 Å².